The SMILES string of the molecule is N#Cc1cccc(-c2cccc(-c3ccccc3-n3c4ccccc4c4ccccc43)c2-n2c3ccccc3c3ccccc32)c1. The molecule has 0 fully saturated rings. The van der Waals surface area contributed by atoms with E-state index in [1.165, 1.54) is 32.6 Å². The van der Waals surface area contributed by atoms with Crippen LogP contribution in [-0.4, -0.2) is 9.13 Å². The molecule has 2 aromatic heterocycles. The van der Waals surface area contributed by atoms with Crippen LogP contribution in [0.3, 0.4) is 0 Å². The molecule has 0 spiro atoms. The minimum absolute atomic E-state index is 0.641. The molecule has 0 amide bonds. The molecule has 9 rings (SSSR count). The summed E-state index contributed by atoms with van der Waals surface area (Å²) in [5, 5.41) is 14.7. The van der Waals surface area contributed by atoms with Crippen LogP contribution in [0.4, 0.5) is 0 Å². The lowest BCUT2D eigenvalue weighted by Crippen LogP contribution is -2.03. The summed E-state index contributed by atoms with van der Waals surface area (Å²) >= 11 is 0. The largest absolute Gasteiger partial charge is 0.309 e. The standard InChI is InChI=1S/C43H27N3/c44-28-29-13-11-14-30(27-29)31-20-12-21-37(43(31)46-41-25-9-3-17-34(41)35-18-4-10-26-42(35)46)36-19-5-8-24-40(36)45-38-22-6-1-15-32(38)33-16-2-7-23-39(33)45/h1-27H. The number of hydrogen-bond acceptors (Lipinski definition) is 1. The number of rotatable bonds is 4. The molecule has 0 aliphatic carbocycles. The van der Waals surface area contributed by atoms with Crippen molar-refractivity contribution in [3.63, 3.8) is 0 Å². The normalized spacial score (nSPS) is 11.5. The second kappa shape index (κ2) is 10.4. The van der Waals surface area contributed by atoms with E-state index in [-0.39, 0.29) is 0 Å². The fourth-order valence-corrected chi connectivity index (χ4v) is 7.23. The lowest BCUT2D eigenvalue weighted by molar-refractivity contribution is 1.16. The summed E-state index contributed by atoms with van der Waals surface area (Å²) in [5.41, 5.74) is 11.8. The number of fused-ring (bicyclic) bond motifs is 6. The molecule has 9 aromatic rings. The second-order valence-corrected chi connectivity index (χ2v) is 11.7. The molecule has 0 saturated heterocycles. The highest BCUT2D eigenvalue weighted by Gasteiger charge is 2.22. The fraction of sp³-hybridized carbons (Fsp3) is 0. The number of nitrogens with zero attached hydrogens (tertiary/aromatic N) is 3. The average molecular weight is 586 g/mol. The lowest BCUT2D eigenvalue weighted by Gasteiger charge is -2.21. The van der Waals surface area contributed by atoms with Crippen molar-refractivity contribution in [1.29, 1.82) is 5.26 Å². The Bertz CT molecular complexity index is 2560. The highest BCUT2D eigenvalue weighted by atomic mass is 15.0. The molecule has 0 bridgehead atoms. The Kier molecular flexibility index (Phi) is 5.88. The number of nitriles is 1. The van der Waals surface area contributed by atoms with E-state index < -0.39 is 0 Å². The third kappa shape index (κ3) is 3.84. The molecule has 214 valence electrons. The van der Waals surface area contributed by atoms with Crippen molar-refractivity contribution in [2.45, 2.75) is 0 Å². The van der Waals surface area contributed by atoms with E-state index in [0.717, 1.165) is 44.7 Å². The molecular formula is C43H27N3. The summed E-state index contributed by atoms with van der Waals surface area (Å²) in [4.78, 5) is 0. The van der Waals surface area contributed by atoms with Crippen molar-refractivity contribution in [2.75, 3.05) is 0 Å². The number of benzene rings is 7. The van der Waals surface area contributed by atoms with Crippen molar-refractivity contribution < 1.29 is 0 Å². The molecule has 7 aromatic carbocycles. The molecule has 0 N–H and O–H groups in total. The van der Waals surface area contributed by atoms with Crippen LogP contribution in [0.2, 0.25) is 0 Å². The number of hydrogen-bond donors (Lipinski definition) is 0. The molecule has 2 heterocycles. The molecule has 0 radical (unpaired) electrons. The van der Waals surface area contributed by atoms with Crippen molar-refractivity contribution in [2.24, 2.45) is 0 Å². The van der Waals surface area contributed by atoms with Gasteiger partial charge in [0.1, 0.15) is 0 Å². The molecule has 0 saturated carbocycles. The Morgan fingerprint density at radius 3 is 1.43 bits per heavy atom. The molecule has 0 atom stereocenters. The van der Waals surface area contributed by atoms with Gasteiger partial charge in [-0.05, 0) is 48.0 Å². The van der Waals surface area contributed by atoms with Gasteiger partial charge in [0, 0.05) is 38.2 Å². The topological polar surface area (TPSA) is 33.6 Å². The van der Waals surface area contributed by atoms with Gasteiger partial charge in [-0.2, -0.15) is 5.26 Å². The summed E-state index contributed by atoms with van der Waals surface area (Å²) in [7, 11) is 0. The van der Waals surface area contributed by atoms with Gasteiger partial charge in [0.15, 0.2) is 0 Å². The van der Waals surface area contributed by atoms with Gasteiger partial charge in [0.25, 0.3) is 0 Å². The van der Waals surface area contributed by atoms with Gasteiger partial charge >= 0.3 is 0 Å². The minimum Gasteiger partial charge on any atom is -0.309 e. The molecule has 0 unspecified atom stereocenters. The molecular weight excluding hydrogens is 558 g/mol. The number of aromatic nitrogens is 2. The highest BCUT2D eigenvalue weighted by molar-refractivity contribution is 6.12. The van der Waals surface area contributed by atoms with Gasteiger partial charge in [0.2, 0.25) is 0 Å². The van der Waals surface area contributed by atoms with Crippen LogP contribution in [-0.2, 0) is 0 Å². The lowest BCUT2D eigenvalue weighted by atomic mass is 9.93. The van der Waals surface area contributed by atoms with Crippen LogP contribution >= 0.6 is 0 Å². The summed E-state index contributed by atoms with van der Waals surface area (Å²) in [6, 6.07) is 60.2. The third-order valence-electron chi connectivity index (χ3n) is 9.16. The van der Waals surface area contributed by atoms with Gasteiger partial charge in [0.05, 0.1) is 45.1 Å². The maximum atomic E-state index is 9.83. The summed E-state index contributed by atoms with van der Waals surface area (Å²) in [6.45, 7) is 0. The van der Waals surface area contributed by atoms with Crippen molar-refractivity contribution >= 4 is 43.6 Å². The monoisotopic (exact) mass is 585 g/mol. The van der Waals surface area contributed by atoms with Crippen LogP contribution < -0.4 is 0 Å². The Balaban J connectivity index is 1.44. The van der Waals surface area contributed by atoms with E-state index in [9.17, 15) is 5.26 Å². The first kappa shape index (κ1) is 26.1. The minimum atomic E-state index is 0.641. The maximum absolute atomic E-state index is 9.83. The first-order valence-corrected chi connectivity index (χ1v) is 15.5. The van der Waals surface area contributed by atoms with Crippen molar-refractivity contribution in [3.05, 3.63) is 169 Å². The van der Waals surface area contributed by atoms with E-state index in [0.29, 0.717) is 5.56 Å². The highest BCUT2D eigenvalue weighted by Crippen LogP contribution is 2.44. The Morgan fingerprint density at radius 1 is 0.391 bits per heavy atom. The third-order valence-corrected chi connectivity index (χ3v) is 9.16. The average Bonchev–Trinajstić information content (AvgIpc) is 3.64. The van der Waals surface area contributed by atoms with Crippen LogP contribution in [0.15, 0.2) is 164 Å². The van der Waals surface area contributed by atoms with Gasteiger partial charge < -0.3 is 9.13 Å². The predicted molar refractivity (Wildman–Crippen MR) is 191 cm³/mol. The second-order valence-electron chi connectivity index (χ2n) is 11.7. The molecule has 3 nitrogen and oxygen atoms in total. The molecule has 0 aliphatic rings. The van der Waals surface area contributed by atoms with Gasteiger partial charge in [-0.3, -0.25) is 0 Å². The van der Waals surface area contributed by atoms with E-state index >= 15 is 0 Å². The smallest absolute Gasteiger partial charge is 0.0991 e. The van der Waals surface area contributed by atoms with E-state index in [1.54, 1.807) is 0 Å². The Morgan fingerprint density at radius 2 is 0.848 bits per heavy atom. The zero-order chi connectivity index (χ0) is 30.6. The zero-order valence-electron chi connectivity index (χ0n) is 24.9. The summed E-state index contributed by atoms with van der Waals surface area (Å²) < 4.78 is 4.82. The van der Waals surface area contributed by atoms with Gasteiger partial charge in [-0.25, -0.2) is 0 Å². The van der Waals surface area contributed by atoms with Crippen molar-refractivity contribution in [3.8, 4) is 39.7 Å². The zero-order valence-corrected chi connectivity index (χ0v) is 24.9. The quantitative estimate of drug-likeness (QED) is 0.202. The summed E-state index contributed by atoms with van der Waals surface area (Å²) in [5.74, 6) is 0. The Labute approximate surface area is 266 Å². The first-order valence-electron chi connectivity index (χ1n) is 15.5. The molecule has 3 heteroatoms. The van der Waals surface area contributed by atoms with Gasteiger partial charge in [-0.15, -0.1) is 0 Å². The van der Waals surface area contributed by atoms with E-state index in [2.05, 4.69) is 161 Å². The van der Waals surface area contributed by atoms with Crippen molar-refractivity contribution in [1.82, 2.24) is 9.13 Å². The fourth-order valence-electron chi connectivity index (χ4n) is 7.23. The number of para-hydroxylation sites is 6. The van der Waals surface area contributed by atoms with Crippen LogP contribution in [0.1, 0.15) is 5.56 Å². The molecule has 46 heavy (non-hydrogen) atoms. The first-order chi connectivity index (χ1) is 22.8. The van der Waals surface area contributed by atoms with Gasteiger partial charge in [-0.1, -0.05) is 121 Å². The van der Waals surface area contributed by atoms with E-state index in [1.807, 2.05) is 18.2 Å². The van der Waals surface area contributed by atoms with Crippen LogP contribution in [0.5, 0.6) is 0 Å². The predicted octanol–water partition coefficient (Wildman–Crippen LogP) is 11.1. The van der Waals surface area contributed by atoms with Crippen LogP contribution in [0, 0.1) is 11.3 Å². The summed E-state index contributed by atoms with van der Waals surface area (Å²) in [6.07, 6.45) is 0. The molecule has 0 aliphatic heterocycles. The van der Waals surface area contributed by atoms with Crippen LogP contribution in [0.25, 0.3) is 77.2 Å². The Hall–Kier alpha value is -6.37. The maximum Gasteiger partial charge on any atom is 0.0991 e. The van der Waals surface area contributed by atoms with E-state index in [4.69, 9.17) is 0 Å².